The van der Waals surface area contributed by atoms with Crippen LogP contribution in [-0.4, -0.2) is 32.1 Å². The fraction of sp³-hybridized carbons (Fsp3) is 0.263. The SMILES string of the molecule is COCCOc1ccccc1C(=O)NNC(=O)CCc1ccccc1. The van der Waals surface area contributed by atoms with Crippen LogP contribution in [0.2, 0.25) is 0 Å². The fourth-order valence-corrected chi connectivity index (χ4v) is 2.17. The number of nitrogens with one attached hydrogen (secondary N) is 2. The third kappa shape index (κ3) is 6.27. The summed E-state index contributed by atoms with van der Waals surface area (Å²) in [5.41, 5.74) is 6.26. The van der Waals surface area contributed by atoms with E-state index in [0.717, 1.165) is 5.56 Å². The minimum Gasteiger partial charge on any atom is -0.490 e. The van der Waals surface area contributed by atoms with Crippen LogP contribution in [0.3, 0.4) is 0 Å². The Bertz CT molecular complexity index is 689. The van der Waals surface area contributed by atoms with Crippen LogP contribution in [0.1, 0.15) is 22.3 Å². The van der Waals surface area contributed by atoms with E-state index in [0.29, 0.717) is 30.9 Å². The number of carbonyl (C=O) groups is 2. The molecule has 2 rings (SSSR count). The zero-order valence-electron chi connectivity index (χ0n) is 14.2. The largest absolute Gasteiger partial charge is 0.490 e. The van der Waals surface area contributed by atoms with Gasteiger partial charge in [0.25, 0.3) is 5.91 Å². The number of hydrogen-bond donors (Lipinski definition) is 2. The molecule has 0 aliphatic rings. The normalized spacial score (nSPS) is 10.1. The lowest BCUT2D eigenvalue weighted by Crippen LogP contribution is -2.41. The van der Waals surface area contributed by atoms with Crippen LogP contribution in [-0.2, 0) is 16.0 Å². The summed E-state index contributed by atoms with van der Waals surface area (Å²) in [6.07, 6.45) is 0.898. The third-order valence-corrected chi connectivity index (χ3v) is 3.48. The fourth-order valence-electron chi connectivity index (χ4n) is 2.17. The van der Waals surface area contributed by atoms with E-state index in [1.807, 2.05) is 30.3 Å². The molecule has 0 saturated heterocycles. The number of ether oxygens (including phenoxy) is 2. The van der Waals surface area contributed by atoms with Gasteiger partial charge in [0.05, 0.1) is 12.2 Å². The summed E-state index contributed by atoms with van der Waals surface area (Å²) in [6, 6.07) is 16.5. The Hall–Kier alpha value is -2.86. The summed E-state index contributed by atoms with van der Waals surface area (Å²) >= 11 is 0. The van der Waals surface area contributed by atoms with Gasteiger partial charge in [-0.25, -0.2) is 0 Å². The molecule has 0 unspecified atom stereocenters. The van der Waals surface area contributed by atoms with Gasteiger partial charge in [-0.05, 0) is 24.1 Å². The van der Waals surface area contributed by atoms with Gasteiger partial charge in [0.2, 0.25) is 5.91 Å². The van der Waals surface area contributed by atoms with Gasteiger partial charge in [0.1, 0.15) is 12.4 Å². The van der Waals surface area contributed by atoms with Gasteiger partial charge < -0.3 is 9.47 Å². The molecular formula is C19H22N2O4. The number of carbonyl (C=O) groups excluding carboxylic acids is 2. The van der Waals surface area contributed by atoms with Gasteiger partial charge in [-0.1, -0.05) is 42.5 Å². The van der Waals surface area contributed by atoms with Crippen molar-refractivity contribution >= 4 is 11.8 Å². The molecule has 0 heterocycles. The number of hydrogen-bond acceptors (Lipinski definition) is 4. The highest BCUT2D eigenvalue weighted by Gasteiger charge is 2.13. The number of benzene rings is 2. The molecule has 0 aromatic heterocycles. The summed E-state index contributed by atoms with van der Waals surface area (Å²) in [7, 11) is 1.58. The third-order valence-electron chi connectivity index (χ3n) is 3.48. The Kier molecular flexibility index (Phi) is 7.46. The summed E-state index contributed by atoms with van der Waals surface area (Å²) in [4.78, 5) is 24.1. The highest BCUT2D eigenvalue weighted by Crippen LogP contribution is 2.17. The van der Waals surface area contributed by atoms with Crippen molar-refractivity contribution < 1.29 is 19.1 Å². The first kappa shape index (κ1) is 18.5. The molecule has 25 heavy (non-hydrogen) atoms. The molecule has 0 radical (unpaired) electrons. The standard InChI is InChI=1S/C19H22N2O4/c1-24-13-14-25-17-10-6-5-9-16(17)19(23)21-20-18(22)12-11-15-7-3-2-4-8-15/h2-10H,11-14H2,1H3,(H,20,22)(H,21,23). The number of para-hydroxylation sites is 1. The zero-order chi connectivity index (χ0) is 17.9. The molecule has 0 aliphatic heterocycles. The number of amides is 2. The maximum atomic E-state index is 12.2. The Morgan fingerprint density at radius 2 is 1.64 bits per heavy atom. The number of aryl methyl sites for hydroxylation is 1. The first-order valence-corrected chi connectivity index (χ1v) is 8.04. The van der Waals surface area contributed by atoms with Crippen molar-refractivity contribution in [2.24, 2.45) is 0 Å². The number of hydrazine groups is 1. The van der Waals surface area contributed by atoms with Crippen molar-refractivity contribution in [2.75, 3.05) is 20.3 Å². The van der Waals surface area contributed by atoms with Gasteiger partial charge >= 0.3 is 0 Å². The van der Waals surface area contributed by atoms with Gasteiger partial charge in [0, 0.05) is 13.5 Å². The van der Waals surface area contributed by atoms with Crippen molar-refractivity contribution in [2.45, 2.75) is 12.8 Å². The maximum Gasteiger partial charge on any atom is 0.273 e. The first-order valence-electron chi connectivity index (χ1n) is 8.04. The molecule has 2 aromatic rings. The highest BCUT2D eigenvalue weighted by atomic mass is 16.5. The zero-order valence-corrected chi connectivity index (χ0v) is 14.2. The topological polar surface area (TPSA) is 76.7 Å². The molecule has 0 spiro atoms. The van der Waals surface area contributed by atoms with E-state index in [2.05, 4.69) is 10.9 Å². The number of rotatable bonds is 8. The molecule has 0 aliphatic carbocycles. The quantitative estimate of drug-likeness (QED) is 0.569. The lowest BCUT2D eigenvalue weighted by Gasteiger charge is -2.12. The second-order valence-corrected chi connectivity index (χ2v) is 5.33. The highest BCUT2D eigenvalue weighted by molar-refractivity contribution is 5.97. The molecule has 2 amide bonds. The van der Waals surface area contributed by atoms with E-state index in [1.165, 1.54) is 0 Å². The van der Waals surface area contributed by atoms with E-state index in [4.69, 9.17) is 9.47 Å². The molecule has 2 aromatic carbocycles. The van der Waals surface area contributed by atoms with Crippen molar-refractivity contribution in [3.05, 3.63) is 65.7 Å². The second-order valence-electron chi connectivity index (χ2n) is 5.33. The lowest BCUT2D eigenvalue weighted by atomic mass is 10.1. The minimum atomic E-state index is -0.430. The van der Waals surface area contributed by atoms with E-state index in [-0.39, 0.29) is 12.3 Å². The molecule has 0 bridgehead atoms. The van der Waals surface area contributed by atoms with Crippen LogP contribution in [0, 0.1) is 0 Å². The van der Waals surface area contributed by atoms with Crippen molar-refractivity contribution in [3.8, 4) is 5.75 Å². The van der Waals surface area contributed by atoms with Crippen molar-refractivity contribution in [1.82, 2.24) is 10.9 Å². The molecule has 2 N–H and O–H groups in total. The van der Waals surface area contributed by atoms with Gasteiger partial charge in [0.15, 0.2) is 0 Å². The monoisotopic (exact) mass is 342 g/mol. The molecule has 6 nitrogen and oxygen atoms in total. The molecule has 0 saturated carbocycles. The Labute approximate surface area is 147 Å². The summed E-state index contributed by atoms with van der Waals surface area (Å²) in [5, 5.41) is 0. The van der Waals surface area contributed by atoms with E-state index in [1.54, 1.807) is 31.4 Å². The van der Waals surface area contributed by atoms with Crippen LogP contribution in [0.15, 0.2) is 54.6 Å². The Balaban J connectivity index is 1.82. The van der Waals surface area contributed by atoms with Crippen LogP contribution in [0.4, 0.5) is 0 Å². The lowest BCUT2D eigenvalue weighted by molar-refractivity contribution is -0.121. The van der Waals surface area contributed by atoms with Crippen molar-refractivity contribution in [1.29, 1.82) is 0 Å². The van der Waals surface area contributed by atoms with Gasteiger partial charge in [-0.3, -0.25) is 20.4 Å². The van der Waals surface area contributed by atoms with Crippen LogP contribution in [0.25, 0.3) is 0 Å². The molecule has 0 atom stereocenters. The minimum absolute atomic E-state index is 0.255. The van der Waals surface area contributed by atoms with E-state index >= 15 is 0 Å². The second kappa shape index (κ2) is 10.1. The van der Waals surface area contributed by atoms with E-state index in [9.17, 15) is 9.59 Å². The van der Waals surface area contributed by atoms with E-state index < -0.39 is 5.91 Å². The summed E-state index contributed by atoms with van der Waals surface area (Å²) in [5.74, 6) is -0.244. The average Bonchev–Trinajstić information content (AvgIpc) is 2.66. The van der Waals surface area contributed by atoms with Crippen LogP contribution in [0.5, 0.6) is 5.75 Å². The predicted octanol–water partition coefficient (Wildman–Crippen LogP) is 2.11. The van der Waals surface area contributed by atoms with Crippen molar-refractivity contribution in [3.63, 3.8) is 0 Å². The summed E-state index contributed by atoms with van der Waals surface area (Å²) in [6.45, 7) is 0.760. The molecular weight excluding hydrogens is 320 g/mol. The molecule has 6 heteroatoms. The molecule has 0 fully saturated rings. The number of methoxy groups -OCH3 is 1. The molecule has 132 valence electrons. The van der Waals surface area contributed by atoms with Crippen LogP contribution >= 0.6 is 0 Å². The predicted molar refractivity (Wildman–Crippen MR) is 94.2 cm³/mol. The Morgan fingerprint density at radius 3 is 2.40 bits per heavy atom. The smallest absolute Gasteiger partial charge is 0.273 e. The maximum absolute atomic E-state index is 12.2. The van der Waals surface area contributed by atoms with Crippen LogP contribution < -0.4 is 15.6 Å². The Morgan fingerprint density at radius 1 is 0.920 bits per heavy atom. The first-order chi connectivity index (χ1) is 12.2. The van der Waals surface area contributed by atoms with Gasteiger partial charge in [-0.15, -0.1) is 0 Å². The summed E-state index contributed by atoms with van der Waals surface area (Å²) < 4.78 is 10.4. The average molecular weight is 342 g/mol. The van der Waals surface area contributed by atoms with Gasteiger partial charge in [-0.2, -0.15) is 0 Å².